The van der Waals surface area contributed by atoms with Crippen molar-refractivity contribution in [2.45, 2.75) is 32.5 Å². The molecule has 0 aromatic heterocycles. The summed E-state index contributed by atoms with van der Waals surface area (Å²) in [5.41, 5.74) is 5.92. The van der Waals surface area contributed by atoms with Crippen LogP contribution in [0.5, 0.6) is 0 Å². The Bertz CT molecular complexity index is 384. The van der Waals surface area contributed by atoms with Gasteiger partial charge in [-0.15, -0.1) is 0 Å². The van der Waals surface area contributed by atoms with Crippen molar-refractivity contribution in [1.29, 1.82) is 0 Å². The molecule has 1 aliphatic heterocycles. The summed E-state index contributed by atoms with van der Waals surface area (Å²) < 4.78 is 5.47. The molecule has 0 spiro atoms. The van der Waals surface area contributed by atoms with Crippen molar-refractivity contribution < 1.29 is 9.57 Å². The van der Waals surface area contributed by atoms with Crippen LogP contribution in [-0.2, 0) is 9.57 Å². The van der Waals surface area contributed by atoms with Gasteiger partial charge in [0.1, 0.15) is 0 Å². The molecule has 0 amide bonds. The summed E-state index contributed by atoms with van der Waals surface area (Å²) in [5, 5.41) is 0. The highest BCUT2D eigenvalue weighted by Crippen LogP contribution is 2.17. The van der Waals surface area contributed by atoms with Gasteiger partial charge < -0.3 is 4.74 Å². The highest BCUT2D eigenvalue weighted by Gasteiger charge is 2.14. The lowest BCUT2D eigenvalue weighted by molar-refractivity contribution is -0.184. The number of benzene rings is 1. The van der Waals surface area contributed by atoms with Crippen LogP contribution in [0.2, 0.25) is 0 Å². The molecular weight excluding hydrogens is 214 g/mol. The summed E-state index contributed by atoms with van der Waals surface area (Å²) in [5.74, 6) is 0. The van der Waals surface area contributed by atoms with Gasteiger partial charge >= 0.3 is 0 Å². The summed E-state index contributed by atoms with van der Waals surface area (Å²) in [6.07, 6.45) is 3.07. The van der Waals surface area contributed by atoms with Gasteiger partial charge in [-0.3, -0.25) is 5.48 Å². The first-order chi connectivity index (χ1) is 8.27. The number of hydrogen-bond donors (Lipinski definition) is 1. The molecule has 92 valence electrons. The van der Waals surface area contributed by atoms with E-state index in [-0.39, 0.29) is 6.29 Å². The first-order valence-electron chi connectivity index (χ1n) is 6.05. The SMILES string of the molecule is C=C(NOC1CCCCO1)c1ccccc1C. The molecule has 0 saturated carbocycles. The second kappa shape index (κ2) is 5.84. The summed E-state index contributed by atoms with van der Waals surface area (Å²) in [4.78, 5) is 5.48. The largest absolute Gasteiger partial charge is 0.350 e. The van der Waals surface area contributed by atoms with Gasteiger partial charge in [0, 0.05) is 18.6 Å². The topological polar surface area (TPSA) is 30.5 Å². The van der Waals surface area contributed by atoms with E-state index in [0.29, 0.717) is 0 Å². The van der Waals surface area contributed by atoms with Crippen molar-refractivity contribution in [3.8, 4) is 0 Å². The van der Waals surface area contributed by atoms with Crippen LogP contribution in [0, 0.1) is 6.92 Å². The third-order valence-electron chi connectivity index (χ3n) is 2.92. The number of rotatable bonds is 4. The molecule has 1 unspecified atom stereocenters. The van der Waals surface area contributed by atoms with Gasteiger partial charge in [0.15, 0.2) is 6.29 Å². The van der Waals surface area contributed by atoms with Crippen molar-refractivity contribution >= 4 is 5.70 Å². The predicted molar refractivity (Wildman–Crippen MR) is 68.0 cm³/mol. The summed E-state index contributed by atoms with van der Waals surface area (Å²) in [6.45, 7) is 6.81. The van der Waals surface area contributed by atoms with Crippen LogP contribution in [0.3, 0.4) is 0 Å². The summed E-state index contributed by atoms with van der Waals surface area (Å²) in [6, 6.07) is 8.08. The number of nitrogens with one attached hydrogen (secondary N) is 1. The lowest BCUT2D eigenvalue weighted by atomic mass is 10.1. The maximum absolute atomic E-state index is 5.48. The van der Waals surface area contributed by atoms with Crippen molar-refractivity contribution in [3.05, 3.63) is 42.0 Å². The zero-order valence-corrected chi connectivity index (χ0v) is 10.2. The van der Waals surface area contributed by atoms with Gasteiger partial charge in [-0.05, 0) is 25.3 Å². The van der Waals surface area contributed by atoms with Crippen molar-refractivity contribution in [2.24, 2.45) is 0 Å². The Balaban J connectivity index is 1.87. The van der Waals surface area contributed by atoms with Crippen LogP contribution < -0.4 is 5.48 Å². The number of hydroxylamine groups is 1. The highest BCUT2D eigenvalue weighted by atomic mass is 16.8. The van der Waals surface area contributed by atoms with Crippen molar-refractivity contribution in [3.63, 3.8) is 0 Å². The van der Waals surface area contributed by atoms with Gasteiger partial charge in [0.2, 0.25) is 0 Å². The standard InChI is InChI=1S/C14H19NO2/c1-11-7-3-4-8-13(11)12(2)15-17-14-9-5-6-10-16-14/h3-4,7-8,14-15H,2,5-6,9-10H2,1H3. The van der Waals surface area contributed by atoms with Gasteiger partial charge in [-0.2, -0.15) is 0 Å². The zero-order valence-electron chi connectivity index (χ0n) is 10.2. The highest BCUT2D eigenvalue weighted by molar-refractivity contribution is 5.63. The molecule has 17 heavy (non-hydrogen) atoms. The van der Waals surface area contributed by atoms with E-state index >= 15 is 0 Å². The Morgan fingerprint density at radius 1 is 1.41 bits per heavy atom. The van der Waals surface area contributed by atoms with Gasteiger partial charge in [0.05, 0.1) is 5.70 Å². The molecule has 0 radical (unpaired) electrons. The third kappa shape index (κ3) is 3.32. The number of ether oxygens (including phenoxy) is 1. The Morgan fingerprint density at radius 2 is 2.24 bits per heavy atom. The minimum atomic E-state index is -0.149. The Labute approximate surface area is 102 Å². The molecular formula is C14H19NO2. The Morgan fingerprint density at radius 3 is 2.94 bits per heavy atom. The summed E-state index contributed by atoms with van der Waals surface area (Å²) >= 11 is 0. The molecule has 3 heteroatoms. The maximum atomic E-state index is 5.48. The van der Waals surface area contributed by atoms with E-state index in [1.54, 1.807) is 0 Å². The van der Waals surface area contributed by atoms with E-state index in [9.17, 15) is 0 Å². The van der Waals surface area contributed by atoms with E-state index in [2.05, 4.69) is 25.0 Å². The zero-order chi connectivity index (χ0) is 12.1. The monoisotopic (exact) mass is 233 g/mol. The van der Waals surface area contributed by atoms with E-state index in [1.807, 2.05) is 18.2 Å². The maximum Gasteiger partial charge on any atom is 0.183 e. The van der Waals surface area contributed by atoms with Crippen LogP contribution in [0.4, 0.5) is 0 Å². The third-order valence-corrected chi connectivity index (χ3v) is 2.92. The van der Waals surface area contributed by atoms with Crippen LogP contribution in [0.15, 0.2) is 30.8 Å². The van der Waals surface area contributed by atoms with E-state index < -0.39 is 0 Å². The molecule has 1 aromatic rings. The Kier molecular flexibility index (Phi) is 4.18. The fourth-order valence-corrected chi connectivity index (χ4v) is 1.91. The molecule has 1 aliphatic rings. The predicted octanol–water partition coefficient (Wildman–Crippen LogP) is 3.01. The molecule has 1 N–H and O–H groups in total. The Hall–Kier alpha value is -1.32. The fourth-order valence-electron chi connectivity index (χ4n) is 1.91. The molecule has 3 nitrogen and oxygen atoms in total. The van der Waals surface area contributed by atoms with E-state index in [4.69, 9.17) is 9.57 Å². The van der Waals surface area contributed by atoms with Crippen molar-refractivity contribution in [1.82, 2.24) is 5.48 Å². The quantitative estimate of drug-likeness (QED) is 0.811. The molecule has 1 aromatic carbocycles. The second-order valence-electron chi connectivity index (χ2n) is 4.31. The normalized spacial score (nSPS) is 19.9. The lowest BCUT2D eigenvalue weighted by Gasteiger charge is -2.23. The molecule has 2 rings (SSSR count). The lowest BCUT2D eigenvalue weighted by Crippen LogP contribution is -2.28. The minimum absolute atomic E-state index is 0.149. The smallest absolute Gasteiger partial charge is 0.183 e. The van der Waals surface area contributed by atoms with Gasteiger partial charge in [-0.1, -0.05) is 30.8 Å². The van der Waals surface area contributed by atoms with E-state index in [1.165, 1.54) is 5.56 Å². The first-order valence-corrected chi connectivity index (χ1v) is 6.05. The molecule has 1 heterocycles. The van der Waals surface area contributed by atoms with Crippen molar-refractivity contribution in [2.75, 3.05) is 6.61 Å². The van der Waals surface area contributed by atoms with E-state index in [0.717, 1.165) is 37.1 Å². The van der Waals surface area contributed by atoms with Gasteiger partial charge in [-0.25, -0.2) is 4.84 Å². The molecule has 0 aliphatic carbocycles. The second-order valence-corrected chi connectivity index (χ2v) is 4.31. The number of aryl methyl sites for hydroxylation is 1. The van der Waals surface area contributed by atoms with Crippen LogP contribution in [-0.4, -0.2) is 12.9 Å². The van der Waals surface area contributed by atoms with Gasteiger partial charge in [0.25, 0.3) is 0 Å². The van der Waals surface area contributed by atoms with Crippen LogP contribution >= 0.6 is 0 Å². The molecule has 0 bridgehead atoms. The molecule has 1 atom stereocenters. The average molecular weight is 233 g/mol. The fraction of sp³-hybridized carbons (Fsp3) is 0.429. The first kappa shape index (κ1) is 12.1. The molecule has 1 saturated heterocycles. The average Bonchev–Trinajstić information content (AvgIpc) is 2.38. The van der Waals surface area contributed by atoms with Crippen LogP contribution in [0.1, 0.15) is 30.4 Å². The van der Waals surface area contributed by atoms with Crippen LogP contribution in [0.25, 0.3) is 5.70 Å². The number of hydrogen-bond acceptors (Lipinski definition) is 3. The minimum Gasteiger partial charge on any atom is -0.350 e. The molecule has 1 fully saturated rings. The summed E-state index contributed by atoms with van der Waals surface area (Å²) in [7, 11) is 0.